The van der Waals surface area contributed by atoms with Crippen molar-refractivity contribution in [2.75, 3.05) is 6.54 Å². The summed E-state index contributed by atoms with van der Waals surface area (Å²) in [4.78, 5) is 0. The summed E-state index contributed by atoms with van der Waals surface area (Å²) >= 11 is 0. The molecule has 1 aromatic carbocycles. The lowest BCUT2D eigenvalue weighted by molar-refractivity contribution is 0.0533. The zero-order chi connectivity index (χ0) is 12.2. The molecule has 0 spiro atoms. The highest BCUT2D eigenvalue weighted by Crippen LogP contribution is 2.23. The molecule has 0 saturated heterocycles. The maximum atomic E-state index is 9.86. The molecular weight excluding hydrogens is 202 g/mol. The second kappa shape index (κ2) is 5.32. The van der Waals surface area contributed by atoms with Gasteiger partial charge in [0.1, 0.15) is 5.75 Å². The van der Waals surface area contributed by atoms with E-state index < -0.39 is 5.60 Å². The van der Waals surface area contributed by atoms with Crippen LogP contribution in [0.3, 0.4) is 0 Å². The Morgan fingerprint density at radius 1 is 1.38 bits per heavy atom. The zero-order valence-electron chi connectivity index (χ0n) is 10.2. The molecule has 2 atom stereocenters. The van der Waals surface area contributed by atoms with Crippen LogP contribution in [0.4, 0.5) is 0 Å². The molecule has 3 nitrogen and oxygen atoms in total. The van der Waals surface area contributed by atoms with Crippen LogP contribution in [0, 0.1) is 0 Å². The van der Waals surface area contributed by atoms with E-state index in [2.05, 4.69) is 5.32 Å². The van der Waals surface area contributed by atoms with Gasteiger partial charge in [0.15, 0.2) is 0 Å². The SMILES string of the molecule is CCC(C)(O)CNC(C)c1ccccc1O. The highest BCUT2D eigenvalue weighted by atomic mass is 16.3. The Hall–Kier alpha value is -1.06. The molecule has 1 rings (SSSR count). The number of para-hydroxylation sites is 1. The Balaban J connectivity index is 2.60. The molecule has 0 fully saturated rings. The Morgan fingerprint density at radius 3 is 2.56 bits per heavy atom. The minimum atomic E-state index is -0.696. The van der Waals surface area contributed by atoms with E-state index in [0.717, 1.165) is 5.56 Å². The van der Waals surface area contributed by atoms with Gasteiger partial charge in [0.05, 0.1) is 5.60 Å². The van der Waals surface area contributed by atoms with E-state index >= 15 is 0 Å². The van der Waals surface area contributed by atoms with Gasteiger partial charge in [-0.1, -0.05) is 25.1 Å². The van der Waals surface area contributed by atoms with E-state index in [1.165, 1.54) is 0 Å². The molecule has 0 saturated carbocycles. The first-order valence-corrected chi connectivity index (χ1v) is 5.70. The molecule has 0 bridgehead atoms. The third-order valence-electron chi connectivity index (χ3n) is 2.95. The number of rotatable bonds is 5. The highest BCUT2D eigenvalue weighted by Gasteiger charge is 2.19. The number of benzene rings is 1. The molecule has 2 unspecified atom stereocenters. The molecule has 90 valence electrons. The third kappa shape index (κ3) is 3.51. The average molecular weight is 223 g/mol. The number of hydrogen-bond acceptors (Lipinski definition) is 3. The lowest BCUT2D eigenvalue weighted by Crippen LogP contribution is -2.38. The molecule has 0 aliphatic heterocycles. The van der Waals surface area contributed by atoms with Crippen LogP contribution >= 0.6 is 0 Å². The van der Waals surface area contributed by atoms with E-state index in [0.29, 0.717) is 18.7 Å². The molecule has 0 aromatic heterocycles. The highest BCUT2D eigenvalue weighted by molar-refractivity contribution is 5.34. The number of aromatic hydroxyl groups is 1. The van der Waals surface area contributed by atoms with Gasteiger partial charge in [0.2, 0.25) is 0 Å². The second-order valence-corrected chi connectivity index (χ2v) is 4.51. The quantitative estimate of drug-likeness (QED) is 0.717. The Labute approximate surface area is 97.1 Å². The normalized spacial score (nSPS) is 16.8. The van der Waals surface area contributed by atoms with Gasteiger partial charge in [0, 0.05) is 18.2 Å². The van der Waals surface area contributed by atoms with E-state index in [1.807, 2.05) is 26.0 Å². The molecule has 1 aromatic rings. The summed E-state index contributed by atoms with van der Waals surface area (Å²) in [6.07, 6.45) is 0.702. The lowest BCUT2D eigenvalue weighted by Gasteiger charge is -2.25. The van der Waals surface area contributed by atoms with Crippen molar-refractivity contribution in [2.45, 2.75) is 38.8 Å². The maximum Gasteiger partial charge on any atom is 0.120 e. The first-order chi connectivity index (χ1) is 7.46. The molecule has 0 amide bonds. The molecule has 0 aliphatic rings. The van der Waals surface area contributed by atoms with Crippen molar-refractivity contribution in [1.82, 2.24) is 5.32 Å². The summed E-state index contributed by atoms with van der Waals surface area (Å²) < 4.78 is 0. The summed E-state index contributed by atoms with van der Waals surface area (Å²) in [6.45, 7) is 6.24. The summed E-state index contributed by atoms with van der Waals surface area (Å²) in [5.41, 5.74) is 0.160. The number of nitrogens with one attached hydrogen (secondary N) is 1. The molecular formula is C13H21NO2. The van der Waals surface area contributed by atoms with Crippen molar-refractivity contribution in [1.29, 1.82) is 0 Å². The van der Waals surface area contributed by atoms with E-state index in [-0.39, 0.29) is 6.04 Å². The van der Waals surface area contributed by atoms with Gasteiger partial charge in [-0.3, -0.25) is 0 Å². The van der Waals surface area contributed by atoms with Gasteiger partial charge in [-0.05, 0) is 26.3 Å². The van der Waals surface area contributed by atoms with Crippen LogP contribution < -0.4 is 5.32 Å². The minimum absolute atomic E-state index is 0.0271. The second-order valence-electron chi connectivity index (χ2n) is 4.51. The van der Waals surface area contributed by atoms with Crippen molar-refractivity contribution in [2.24, 2.45) is 0 Å². The van der Waals surface area contributed by atoms with Gasteiger partial charge in [0.25, 0.3) is 0 Å². The lowest BCUT2D eigenvalue weighted by atomic mass is 10.0. The summed E-state index contributed by atoms with van der Waals surface area (Å²) in [5.74, 6) is 0.290. The van der Waals surface area contributed by atoms with Crippen LogP contribution in [0.2, 0.25) is 0 Å². The van der Waals surface area contributed by atoms with Crippen molar-refractivity contribution in [3.63, 3.8) is 0 Å². The van der Waals surface area contributed by atoms with Gasteiger partial charge < -0.3 is 15.5 Å². The number of phenolic OH excluding ortho intramolecular Hbond substituents is 1. The smallest absolute Gasteiger partial charge is 0.120 e. The monoisotopic (exact) mass is 223 g/mol. The maximum absolute atomic E-state index is 9.86. The predicted molar refractivity (Wildman–Crippen MR) is 65.4 cm³/mol. The number of phenols is 1. The van der Waals surface area contributed by atoms with E-state index in [1.54, 1.807) is 19.1 Å². The average Bonchev–Trinajstić information content (AvgIpc) is 2.27. The molecule has 0 radical (unpaired) electrons. The summed E-state index contributed by atoms with van der Waals surface area (Å²) in [7, 11) is 0. The van der Waals surface area contributed by atoms with Crippen LogP contribution in [-0.2, 0) is 0 Å². The molecule has 0 heterocycles. The molecule has 0 aliphatic carbocycles. The van der Waals surface area contributed by atoms with Crippen LogP contribution in [-0.4, -0.2) is 22.4 Å². The fourth-order valence-corrected chi connectivity index (χ4v) is 1.46. The summed E-state index contributed by atoms with van der Waals surface area (Å²) in [5, 5.41) is 22.7. The predicted octanol–water partition coefficient (Wildman–Crippen LogP) is 2.20. The van der Waals surface area contributed by atoms with Gasteiger partial charge >= 0.3 is 0 Å². The molecule has 3 heteroatoms. The van der Waals surface area contributed by atoms with E-state index in [4.69, 9.17) is 0 Å². The van der Waals surface area contributed by atoms with Gasteiger partial charge in [-0.15, -0.1) is 0 Å². The largest absolute Gasteiger partial charge is 0.508 e. The van der Waals surface area contributed by atoms with Crippen LogP contribution in [0.15, 0.2) is 24.3 Å². The Morgan fingerprint density at radius 2 is 2.00 bits per heavy atom. The Bertz CT molecular complexity index is 336. The third-order valence-corrected chi connectivity index (χ3v) is 2.95. The van der Waals surface area contributed by atoms with Crippen molar-refractivity contribution < 1.29 is 10.2 Å². The fraction of sp³-hybridized carbons (Fsp3) is 0.538. The van der Waals surface area contributed by atoms with Crippen LogP contribution in [0.25, 0.3) is 0 Å². The zero-order valence-corrected chi connectivity index (χ0v) is 10.2. The topological polar surface area (TPSA) is 52.5 Å². The van der Waals surface area contributed by atoms with Gasteiger partial charge in [-0.2, -0.15) is 0 Å². The first kappa shape index (κ1) is 13.0. The fourth-order valence-electron chi connectivity index (χ4n) is 1.46. The number of hydrogen-bond donors (Lipinski definition) is 3. The van der Waals surface area contributed by atoms with Crippen molar-refractivity contribution in [3.05, 3.63) is 29.8 Å². The summed E-state index contributed by atoms with van der Waals surface area (Å²) in [6, 6.07) is 7.28. The molecule has 3 N–H and O–H groups in total. The minimum Gasteiger partial charge on any atom is -0.508 e. The molecule has 16 heavy (non-hydrogen) atoms. The Kier molecular flexibility index (Phi) is 4.33. The standard InChI is InChI=1S/C13H21NO2/c1-4-13(3,16)9-14-10(2)11-7-5-6-8-12(11)15/h5-8,10,14-16H,4,9H2,1-3H3. The van der Waals surface area contributed by atoms with Crippen LogP contribution in [0.5, 0.6) is 5.75 Å². The first-order valence-electron chi connectivity index (χ1n) is 5.70. The van der Waals surface area contributed by atoms with Gasteiger partial charge in [-0.25, -0.2) is 0 Å². The number of aliphatic hydroxyl groups is 1. The van der Waals surface area contributed by atoms with Crippen molar-refractivity contribution >= 4 is 0 Å². The van der Waals surface area contributed by atoms with Crippen LogP contribution in [0.1, 0.15) is 38.8 Å². The van der Waals surface area contributed by atoms with Crippen molar-refractivity contribution in [3.8, 4) is 5.75 Å². The van der Waals surface area contributed by atoms with E-state index in [9.17, 15) is 10.2 Å².